The average molecular weight is 211 g/mol. The molecule has 0 aromatic heterocycles. The van der Waals surface area contributed by atoms with Gasteiger partial charge >= 0.3 is 0 Å². The highest BCUT2D eigenvalue weighted by Crippen LogP contribution is 2.23. The van der Waals surface area contributed by atoms with E-state index in [9.17, 15) is 21.6 Å². The Kier molecular flexibility index (Phi) is 3.63. The van der Waals surface area contributed by atoms with Crippen LogP contribution < -0.4 is 0 Å². The van der Waals surface area contributed by atoms with Gasteiger partial charge in [-0.2, -0.15) is 0 Å². The van der Waals surface area contributed by atoms with E-state index < -0.39 is 26.9 Å². The zero-order valence-corrected chi connectivity index (χ0v) is 7.04. The largest absolute Gasteiger partial charge is 0.265 e. The van der Waals surface area contributed by atoms with Gasteiger partial charge in [0.15, 0.2) is 0 Å². The SMILES string of the molecule is CC(C(F)F)C(F)S(=O)(=O)Cl. The predicted molar refractivity (Wildman–Crippen MR) is 34.8 cm³/mol. The summed E-state index contributed by atoms with van der Waals surface area (Å²) in [6, 6.07) is 0. The van der Waals surface area contributed by atoms with Gasteiger partial charge in [0.05, 0.1) is 5.92 Å². The van der Waals surface area contributed by atoms with Crippen molar-refractivity contribution in [2.24, 2.45) is 5.92 Å². The van der Waals surface area contributed by atoms with Crippen molar-refractivity contribution in [3.63, 3.8) is 0 Å². The number of halogens is 4. The Hall–Kier alpha value is 0.0300. The summed E-state index contributed by atoms with van der Waals surface area (Å²) < 4.78 is 55.9. The van der Waals surface area contributed by atoms with Crippen molar-refractivity contribution < 1.29 is 21.6 Å². The van der Waals surface area contributed by atoms with Crippen molar-refractivity contribution in [2.45, 2.75) is 18.9 Å². The van der Waals surface area contributed by atoms with Crippen LogP contribution in [0.5, 0.6) is 0 Å². The summed E-state index contributed by atoms with van der Waals surface area (Å²) in [6.45, 7) is 0.773. The molecule has 2 atom stereocenters. The molecule has 0 saturated heterocycles. The zero-order valence-electron chi connectivity index (χ0n) is 5.47. The second-order valence-electron chi connectivity index (χ2n) is 2.02. The van der Waals surface area contributed by atoms with Crippen LogP contribution in [0.4, 0.5) is 13.2 Å². The molecule has 68 valence electrons. The fourth-order valence-corrected chi connectivity index (χ4v) is 1.49. The van der Waals surface area contributed by atoms with Crippen molar-refractivity contribution in [1.29, 1.82) is 0 Å². The number of rotatable bonds is 3. The highest BCUT2D eigenvalue weighted by molar-refractivity contribution is 8.14. The fourth-order valence-electron chi connectivity index (χ4n) is 0.371. The fraction of sp³-hybridized carbons (Fsp3) is 1.00. The third-order valence-electron chi connectivity index (χ3n) is 1.08. The molecule has 0 rings (SSSR count). The maximum Gasteiger partial charge on any atom is 0.265 e. The molecule has 0 saturated carbocycles. The van der Waals surface area contributed by atoms with Gasteiger partial charge in [-0.05, 0) is 0 Å². The van der Waals surface area contributed by atoms with E-state index in [1.165, 1.54) is 0 Å². The minimum atomic E-state index is -4.52. The molecule has 0 aliphatic carbocycles. The molecule has 0 aliphatic rings. The molecule has 0 N–H and O–H groups in total. The summed E-state index contributed by atoms with van der Waals surface area (Å²) in [5.41, 5.74) is -2.70. The monoisotopic (exact) mass is 210 g/mol. The highest BCUT2D eigenvalue weighted by atomic mass is 35.7. The Bertz CT molecular complexity index is 215. The minimum absolute atomic E-state index is 0.773. The van der Waals surface area contributed by atoms with Gasteiger partial charge in [-0.3, -0.25) is 0 Å². The van der Waals surface area contributed by atoms with Crippen LogP contribution in [0, 0.1) is 5.92 Å². The Balaban J connectivity index is 4.38. The number of hydrogen-bond acceptors (Lipinski definition) is 2. The van der Waals surface area contributed by atoms with E-state index >= 15 is 0 Å². The molecule has 0 aromatic carbocycles. The van der Waals surface area contributed by atoms with Gasteiger partial charge in [-0.15, -0.1) is 0 Å². The molecule has 0 aliphatic heterocycles. The Morgan fingerprint density at radius 3 is 1.73 bits per heavy atom. The minimum Gasteiger partial charge on any atom is -0.228 e. The topological polar surface area (TPSA) is 34.1 Å². The van der Waals surface area contributed by atoms with Crippen molar-refractivity contribution in [2.75, 3.05) is 0 Å². The van der Waals surface area contributed by atoms with Crippen LogP contribution in [-0.4, -0.2) is 20.3 Å². The molecule has 0 spiro atoms. The van der Waals surface area contributed by atoms with E-state index in [4.69, 9.17) is 0 Å². The van der Waals surface area contributed by atoms with Crippen LogP contribution in [0.3, 0.4) is 0 Å². The van der Waals surface area contributed by atoms with Gasteiger partial charge in [0.1, 0.15) is 0 Å². The summed E-state index contributed by atoms with van der Waals surface area (Å²) in [6.07, 6.45) is -3.03. The molecule has 0 aromatic rings. The van der Waals surface area contributed by atoms with E-state index in [0.717, 1.165) is 6.92 Å². The lowest BCUT2D eigenvalue weighted by molar-refractivity contribution is 0.0618. The zero-order chi connectivity index (χ0) is 9.23. The molecule has 7 heteroatoms. The first-order valence-corrected chi connectivity index (χ1v) is 4.99. The van der Waals surface area contributed by atoms with E-state index in [2.05, 4.69) is 10.7 Å². The van der Waals surface area contributed by atoms with Crippen LogP contribution in [0.1, 0.15) is 6.92 Å². The Morgan fingerprint density at radius 2 is 1.64 bits per heavy atom. The maximum atomic E-state index is 12.4. The van der Waals surface area contributed by atoms with Crippen LogP contribution >= 0.6 is 10.7 Å². The van der Waals surface area contributed by atoms with E-state index in [1.807, 2.05) is 0 Å². The maximum absolute atomic E-state index is 12.4. The van der Waals surface area contributed by atoms with Gasteiger partial charge in [0.25, 0.3) is 9.05 Å². The smallest absolute Gasteiger partial charge is 0.228 e. The molecule has 0 heterocycles. The van der Waals surface area contributed by atoms with E-state index in [1.54, 1.807) is 0 Å². The second-order valence-corrected chi connectivity index (χ2v) is 4.71. The van der Waals surface area contributed by atoms with E-state index in [-0.39, 0.29) is 0 Å². The molecule has 0 fully saturated rings. The molecule has 2 nitrogen and oxygen atoms in total. The third kappa shape index (κ3) is 3.29. The van der Waals surface area contributed by atoms with Crippen LogP contribution in [0.15, 0.2) is 0 Å². The summed E-state index contributed by atoms with van der Waals surface area (Å²) in [7, 11) is -0.0351. The van der Waals surface area contributed by atoms with Gasteiger partial charge in [-0.25, -0.2) is 21.6 Å². The van der Waals surface area contributed by atoms with Crippen molar-refractivity contribution in [3.8, 4) is 0 Å². The van der Waals surface area contributed by atoms with Gasteiger partial charge in [0.2, 0.25) is 11.9 Å². The lowest BCUT2D eigenvalue weighted by Gasteiger charge is -2.11. The first kappa shape index (κ1) is 11.0. The molecule has 0 amide bonds. The summed E-state index contributed by atoms with van der Waals surface area (Å²) >= 11 is 0. The number of alkyl halides is 3. The van der Waals surface area contributed by atoms with Crippen molar-refractivity contribution >= 4 is 19.7 Å². The second kappa shape index (κ2) is 3.62. The molecule has 2 unspecified atom stereocenters. The third-order valence-corrected chi connectivity index (χ3v) is 2.56. The first-order chi connectivity index (χ1) is 4.76. The van der Waals surface area contributed by atoms with Gasteiger partial charge in [0, 0.05) is 10.7 Å². The average Bonchev–Trinajstić information content (AvgIpc) is 1.82. The normalized spacial score (nSPS) is 18.4. The Labute approximate surface area is 66.8 Å². The van der Waals surface area contributed by atoms with Crippen LogP contribution in [0.2, 0.25) is 0 Å². The molecular formula is C4H6ClF3O2S. The first-order valence-electron chi connectivity index (χ1n) is 2.62. The van der Waals surface area contributed by atoms with Gasteiger partial charge in [-0.1, -0.05) is 6.92 Å². The van der Waals surface area contributed by atoms with Crippen LogP contribution in [0.25, 0.3) is 0 Å². The lowest BCUT2D eigenvalue weighted by Crippen LogP contribution is -2.25. The van der Waals surface area contributed by atoms with Crippen LogP contribution in [-0.2, 0) is 9.05 Å². The summed E-state index contributed by atoms with van der Waals surface area (Å²) in [5.74, 6) is -1.89. The lowest BCUT2D eigenvalue weighted by atomic mass is 10.2. The van der Waals surface area contributed by atoms with Gasteiger partial charge < -0.3 is 0 Å². The predicted octanol–water partition coefficient (Wildman–Crippen LogP) is 1.75. The van der Waals surface area contributed by atoms with Crippen molar-refractivity contribution in [3.05, 3.63) is 0 Å². The molecular weight excluding hydrogens is 205 g/mol. The molecule has 0 bridgehead atoms. The standard InChI is InChI=1S/C4H6ClF3O2S/c1-2(3(6)7)4(8)11(5,9)10/h2-4H,1H3. The number of hydrogen-bond donors (Lipinski definition) is 0. The summed E-state index contributed by atoms with van der Waals surface area (Å²) in [5, 5.41) is 0. The molecule has 0 radical (unpaired) electrons. The Morgan fingerprint density at radius 1 is 1.27 bits per heavy atom. The highest BCUT2D eigenvalue weighted by Gasteiger charge is 2.34. The quantitative estimate of drug-likeness (QED) is 0.665. The van der Waals surface area contributed by atoms with E-state index in [0.29, 0.717) is 0 Å². The molecule has 11 heavy (non-hydrogen) atoms. The van der Waals surface area contributed by atoms with Crippen molar-refractivity contribution in [1.82, 2.24) is 0 Å². The summed E-state index contributed by atoms with van der Waals surface area (Å²) in [4.78, 5) is 0.